The van der Waals surface area contributed by atoms with Crippen molar-refractivity contribution in [1.29, 1.82) is 0 Å². The average molecular weight is 442 g/mol. The third kappa shape index (κ3) is 4.47. The molecule has 1 aliphatic heterocycles. The highest BCUT2D eigenvalue weighted by Crippen LogP contribution is 2.26. The van der Waals surface area contributed by atoms with Crippen molar-refractivity contribution in [2.45, 2.75) is 44.6 Å². The molecule has 0 spiro atoms. The Morgan fingerprint density at radius 2 is 1.94 bits per heavy atom. The van der Waals surface area contributed by atoms with Gasteiger partial charge in [0.1, 0.15) is 5.52 Å². The van der Waals surface area contributed by atoms with Gasteiger partial charge in [-0.25, -0.2) is 13.1 Å². The molecular formula is C22H27N5O3S. The number of aryl methyl sites for hydroxylation is 2. The summed E-state index contributed by atoms with van der Waals surface area (Å²) in [7, 11) is -3.65. The fraction of sp³-hybridized carbons (Fsp3) is 0.409. The lowest BCUT2D eigenvalue weighted by Crippen LogP contribution is -2.41. The molecule has 0 unspecified atom stereocenters. The van der Waals surface area contributed by atoms with Crippen LogP contribution in [0.5, 0.6) is 0 Å². The zero-order valence-electron chi connectivity index (χ0n) is 17.8. The highest BCUT2D eigenvalue weighted by Gasteiger charge is 2.32. The molecule has 0 bridgehead atoms. The van der Waals surface area contributed by atoms with Gasteiger partial charge in [-0.3, -0.25) is 4.79 Å². The van der Waals surface area contributed by atoms with Crippen molar-refractivity contribution in [1.82, 2.24) is 19.3 Å². The molecule has 3 aromatic rings. The van der Waals surface area contributed by atoms with Crippen LogP contribution in [0.15, 0.2) is 47.4 Å². The molecule has 9 heteroatoms. The molecular weight excluding hydrogens is 414 g/mol. The van der Waals surface area contributed by atoms with Crippen LogP contribution < -0.4 is 5.32 Å². The molecule has 0 atom stereocenters. The first-order chi connectivity index (χ1) is 14.9. The van der Waals surface area contributed by atoms with Crippen molar-refractivity contribution in [3.8, 4) is 0 Å². The minimum Gasteiger partial charge on any atom is -0.326 e. The van der Waals surface area contributed by atoms with Crippen molar-refractivity contribution < 1.29 is 13.2 Å². The maximum absolute atomic E-state index is 13.1. The van der Waals surface area contributed by atoms with Crippen molar-refractivity contribution >= 4 is 32.7 Å². The van der Waals surface area contributed by atoms with Crippen molar-refractivity contribution in [2.24, 2.45) is 5.92 Å². The van der Waals surface area contributed by atoms with E-state index in [2.05, 4.69) is 22.6 Å². The van der Waals surface area contributed by atoms with Gasteiger partial charge in [0.2, 0.25) is 15.9 Å². The van der Waals surface area contributed by atoms with Crippen molar-refractivity contribution in [3.63, 3.8) is 0 Å². The standard InChI is InChI=1S/C22H27N5O3S/c1-3-11-27-21-8-7-19(15-20(21)24-25-27)31(29,30)26-12-9-17(10-13-26)22(28)23-18-6-4-5-16(2)14-18/h4-8,14-15,17H,3,9-13H2,1-2H3,(H,23,28). The second-order valence-corrected chi connectivity index (χ2v) is 9.94. The van der Waals surface area contributed by atoms with Crippen LogP contribution >= 0.6 is 0 Å². The van der Waals surface area contributed by atoms with Gasteiger partial charge in [0.25, 0.3) is 0 Å². The van der Waals surface area contributed by atoms with Crippen LogP contribution in [0.2, 0.25) is 0 Å². The number of nitrogens with one attached hydrogen (secondary N) is 1. The van der Waals surface area contributed by atoms with E-state index in [-0.39, 0.29) is 16.7 Å². The highest BCUT2D eigenvalue weighted by atomic mass is 32.2. The predicted octanol–water partition coefficient (Wildman–Crippen LogP) is 3.19. The van der Waals surface area contributed by atoms with E-state index in [1.165, 1.54) is 4.31 Å². The largest absolute Gasteiger partial charge is 0.326 e. The zero-order chi connectivity index (χ0) is 22.0. The second kappa shape index (κ2) is 8.76. The molecule has 1 saturated heterocycles. The lowest BCUT2D eigenvalue weighted by molar-refractivity contribution is -0.120. The number of anilines is 1. The van der Waals surface area contributed by atoms with Crippen LogP contribution in [0.4, 0.5) is 5.69 Å². The molecule has 1 N–H and O–H groups in total. The average Bonchev–Trinajstić information content (AvgIpc) is 3.16. The number of amides is 1. The van der Waals surface area contributed by atoms with E-state index in [1.807, 2.05) is 31.2 Å². The van der Waals surface area contributed by atoms with Gasteiger partial charge < -0.3 is 5.32 Å². The van der Waals surface area contributed by atoms with Crippen LogP contribution in [0.3, 0.4) is 0 Å². The van der Waals surface area contributed by atoms with Gasteiger partial charge in [-0.2, -0.15) is 4.31 Å². The maximum Gasteiger partial charge on any atom is 0.243 e. The summed E-state index contributed by atoms with van der Waals surface area (Å²) >= 11 is 0. The number of sulfonamides is 1. The fourth-order valence-corrected chi connectivity index (χ4v) is 5.45. The zero-order valence-corrected chi connectivity index (χ0v) is 18.6. The van der Waals surface area contributed by atoms with E-state index in [0.717, 1.165) is 29.7 Å². The SMILES string of the molecule is CCCn1nnc2cc(S(=O)(=O)N3CCC(C(=O)Nc4cccc(C)c4)CC3)ccc21. The van der Waals surface area contributed by atoms with Gasteiger partial charge in [-0.1, -0.05) is 24.3 Å². The topological polar surface area (TPSA) is 97.2 Å². The molecule has 8 nitrogen and oxygen atoms in total. The number of fused-ring (bicyclic) bond motifs is 1. The summed E-state index contributed by atoms with van der Waals surface area (Å²) < 4.78 is 29.5. The first kappa shape index (κ1) is 21.5. The van der Waals surface area contributed by atoms with Gasteiger partial charge in [-0.05, 0) is 62.1 Å². The number of hydrogen-bond donors (Lipinski definition) is 1. The number of aromatic nitrogens is 3. The summed E-state index contributed by atoms with van der Waals surface area (Å²) in [5.74, 6) is -0.264. The van der Waals surface area contributed by atoms with Crippen LogP contribution in [-0.2, 0) is 21.4 Å². The first-order valence-corrected chi connectivity index (χ1v) is 12.0. The fourth-order valence-electron chi connectivity index (χ4n) is 3.96. The Hall–Kier alpha value is -2.78. The van der Waals surface area contributed by atoms with Gasteiger partial charge in [0.05, 0.1) is 10.4 Å². The summed E-state index contributed by atoms with van der Waals surface area (Å²) in [6.45, 7) is 5.39. The number of carbonyl (C=O) groups excluding carboxylic acids is 1. The summed E-state index contributed by atoms with van der Waals surface area (Å²) in [4.78, 5) is 12.8. The molecule has 1 amide bonds. The smallest absolute Gasteiger partial charge is 0.243 e. The third-order valence-electron chi connectivity index (χ3n) is 5.67. The molecule has 31 heavy (non-hydrogen) atoms. The molecule has 2 aromatic carbocycles. The molecule has 0 radical (unpaired) electrons. The van der Waals surface area contributed by atoms with Crippen molar-refractivity contribution in [3.05, 3.63) is 48.0 Å². The Labute approximate surface area is 182 Å². The number of hydrogen-bond acceptors (Lipinski definition) is 5. The lowest BCUT2D eigenvalue weighted by atomic mass is 9.97. The van der Waals surface area contributed by atoms with E-state index in [4.69, 9.17) is 0 Å². The molecule has 1 aliphatic rings. The number of benzene rings is 2. The molecule has 2 heterocycles. The van der Waals surface area contributed by atoms with E-state index in [0.29, 0.717) is 31.4 Å². The molecule has 1 aromatic heterocycles. The van der Waals surface area contributed by atoms with E-state index in [9.17, 15) is 13.2 Å². The minimum atomic E-state index is -3.65. The van der Waals surface area contributed by atoms with E-state index < -0.39 is 10.0 Å². The molecule has 164 valence electrons. The third-order valence-corrected chi connectivity index (χ3v) is 7.56. The Bertz CT molecular complexity index is 1200. The van der Waals surface area contributed by atoms with E-state index >= 15 is 0 Å². The summed E-state index contributed by atoms with van der Waals surface area (Å²) in [5.41, 5.74) is 3.24. The number of piperidine rings is 1. The first-order valence-electron chi connectivity index (χ1n) is 10.6. The number of nitrogens with zero attached hydrogens (tertiary/aromatic N) is 4. The molecule has 1 fully saturated rings. The summed E-state index contributed by atoms with van der Waals surface area (Å²) in [6.07, 6.45) is 1.91. The molecule has 0 saturated carbocycles. The normalized spacial score (nSPS) is 15.9. The van der Waals surface area contributed by atoms with Crippen LogP contribution in [-0.4, -0.2) is 46.7 Å². The van der Waals surface area contributed by atoms with Crippen LogP contribution in [0.25, 0.3) is 11.0 Å². The monoisotopic (exact) mass is 441 g/mol. The Kier molecular flexibility index (Phi) is 6.06. The lowest BCUT2D eigenvalue weighted by Gasteiger charge is -2.30. The van der Waals surface area contributed by atoms with Crippen LogP contribution in [0.1, 0.15) is 31.7 Å². The predicted molar refractivity (Wildman–Crippen MR) is 119 cm³/mol. The van der Waals surface area contributed by atoms with Crippen molar-refractivity contribution in [2.75, 3.05) is 18.4 Å². The Morgan fingerprint density at radius 3 is 2.65 bits per heavy atom. The second-order valence-electron chi connectivity index (χ2n) is 8.00. The highest BCUT2D eigenvalue weighted by molar-refractivity contribution is 7.89. The van der Waals surface area contributed by atoms with Gasteiger partial charge >= 0.3 is 0 Å². The Morgan fingerprint density at radius 1 is 1.16 bits per heavy atom. The van der Waals surface area contributed by atoms with E-state index in [1.54, 1.807) is 22.9 Å². The summed E-state index contributed by atoms with van der Waals surface area (Å²) in [5, 5.41) is 11.2. The molecule has 0 aliphatic carbocycles. The number of carbonyl (C=O) groups is 1. The Balaban J connectivity index is 1.42. The van der Waals surface area contributed by atoms with Crippen LogP contribution in [0, 0.1) is 12.8 Å². The quantitative estimate of drug-likeness (QED) is 0.634. The van der Waals surface area contributed by atoms with Gasteiger partial charge in [0.15, 0.2) is 0 Å². The van der Waals surface area contributed by atoms with Gasteiger partial charge in [-0.15, -0.1) is 5.10 Å². The summed E-state index contributed by atoms with van der Waals surface area (Å²) in [6, 6.07) is 12.6. The minimum absolute atomic E-state index is 0.0587. The molecule has 4 rings (SSSR count). The maximum atomic E-state index is 13.1. The van der Waals surface area contributed by atoms with Gasteiger partial charge in [0, 0.05) is 31.2 Å². The number of rotatable bonds is 6.